The van der Waals surface area contributed by atoms with Crippen LogP contribution in [-0.4, -0.2) is 5.78 Å². The molecule has 2 nitrogen and oxygen atoms in total. The number of alkyl halides is 3. The van der Waals surface area contributed by atoms with Gasteiger partial charge in [0, 0.05) is 11.1 Å². The van der Waals surface area contributed by atoms with E-state index in [1.807, 2.05) is 0 Å². The highest BCUT2D eigenvalue weighted by atomic mass is 35.6. The summed E-state index contributed by atoms with van der Waals surface area (Å²) in [5.74, 6) is -0.716. The van der Waals surface area contributed by atoms with Crippen LogP contribution in [0.4, 0.5) is 0 Å². The summed E-state index contributed by atoms with van der Waals surface area (Å²) in [6.45, 7) is 0. The van der Waals surface area contributed by atoms with Crippen molar-refractivity contribution in [1.82, 2.24) is 0 Å². The fraction of sp³-hybridized carbons (Fsp3) is 0.111. The highest BCUT2D eigenvalue weighted by Crippen LogP contribution is 2.39. The van der Waals surface area contributed by atoms with E-state index in [9.17, 15) is 4.79 Å². The minimum atomic E-state index is -1.69. The van der Waals surface area contributed by atoms with Crippen molar-refractivity contribution in [2.24, 2.45) is 0 Å². The van der Waals surface area contributed by atoms with E-state index in [0.29, 0.717) is 0 Å². The fourth-order valence-corrected chi connectivity index (χ4v) is 1.48. The zero-order valence-electron chi connectivity index (χ0n) is 6.80. The molecule has 0 spiro atoms. The molecular formula is C9H4Cl3NO. The van der Waals surface area contributed by atoms with Gasteiger partial charge >= 0.3 is 0 Å². The van der Waals surface area contributed by atoms with Crippen LogP contribution in [0.1, 0.15) is 15.9 Å². The molecule has 14 heavy (non-hydrogen) atoms. The van der Waals surface area contributed by atoms with E-state index >= 15 is 0 Å². The van der Waals surface area contributed by atoms with Gasteiger partial charge in [-0.1, -0.05) is 53.0 Å². The van der Waals surface area contributed by atoms with Crippen molar-refractivity contribution < 1.29 is 4.79 Å². The molecule has 0 unspecified atom stereocenters. The molecule has 72 valence electrons. The molecule has 0 bridgehead atoms. The average molecular weight is 248 g/mol. The van der Waals surface area contributed by atoms with Crippen LogP contribution in [0.5, 0.6) is 0 Å². The Balaban J connectivity index is 3.32. The van der Waals surface area contributed by atoms with Crippen LogP contribution in [0.15, 0.2) is 24.3 Å². The largest absolute Gasteiger partial charge is 0.277 e. The van der Waals surface area contributed by atoms with Gasteiger partial charge in [0.15, 0.2) is 0 Å². The number of benzene rings is 1. The van der Waals surface area contributed by atoms with Gasteiger partial charge in [-0.15, -0.1) is 0 Å². The van der Waals surface area contributed by atoms with Crippen molar-refractivity contribution >= 4 is 40.6 Å². The van der Waals surface area contributed by atoms with Gasteiger partial charge in [-0.05, 0) is 6.07 Å². The predicted octanol–water partition coefficient (Wildman–Crippen LogP) is 3.22. The highest BCUT2D eigenvalue weighted by molar-refractivity contribution is 6.67. The number of nitriles is 1. The Labute approximate surface area is 96.0 Å². The van der Waals surface area contributed by atoms with E-state index in [1.54, 1.807) is 12.1 Å². The number of carbonyl (C=O) groups excluding carboxylic acids is 1. The Bertz CT molecular complexity index is 403. The number of carbonyl (C=O) groups is 1. The summed E-state index contributed by atoms with van der Waals surface area (Å²) in [5, 5.41) is 8.45. The molecule has 0 fully saturated rings. The molecular weight excluding hydrogens is 244 g/mol. The van der Waals surface area contributed by atoms with Gasteiger partial charge in [0.2, 0.25) is 3.79 Å². The maximum absolute atomic E-state index is 11.1. The first-order chi connectivity index (χ1) is 6.46. The van der Waals surface area contributed by atoms with Gasteiger partial charge in [0.1, 0.15) is 6.07 Å². The van der Waals surface area contributed by atoms with Crippen molar-refractivity contribution in [3.05, 3.63) is 35.4 Å². The summed E-state index contributed by atoms with van der Waals surface area (Å²) in [4.78, 5) is 11.1. The molecule has 5 heteroatoms. The molecule has 0 aliphatic rings. The van der Waals surface area contributed by atoms with Gasteiger partial charge in [0.25, 0.3) is 5.78 Å². The molecule has 0 atom stereocenters. The summed E-state index contributed by atoms with van der Waals surface area (Å²) in [6, 6.07) is 7.66. The first-order valence-electron chi connectivity index (χ1n) is 3.57. The van der Waals surface area contributed by atoms with Gasteiger partial charge in [-0.2, -0.15) is 5.26 Å². The molecule has 0 saturated heterocycles. The highest BCUT2D eigenvalue weighted by Gasteiger charge is 2.27. The molecule has 0 saturated carbocycles. The second-order valence-corrected chi connectivity index (χ2v) is 4.77. The Morgan fingerprint density at radius 1 is 1.29 bits per heavy atom. The summed E-state index contributed by atoms with van der Waals surface area (Å²) in [6.07, 6.45) is 0. The van der Waals surface area contributed by atoms with Crippen LogP contribution >= 0.6 is 34.8 Å². The van der Waals surface area contributed by atoms with Gasteiger partial charge in [-0.25, -0.2) is 0 Å². The van der Waals surface area contributed by atoms with E-state index in [2.05, 4.69) is 0 Å². The van der Waals surface area contributed by atoms with E-state index in [-0.39, 0.29) is 11.1 Å². The van der Waals surface area contributed by atoms with Crippen molar-refractivity contribution in [3.63, 3.8) is 0 Å². The molecule has 0 radical (unpaired) electrons. The standard InChI is InChI=1S/C9H4Cl3NO/c10-9(11,12)7-4-2-1-3-6(7)8(14)5-13/h1-4H. The Morgan fingerprint density at radius 2 is 1.86 bits per heavy atom. The number of ketones is 1. The van der Waals surface area contributed by atoms with Crippen LogP contribution in [0.25, 0.3) is 0 Å². The van der Waals surface area contributed by atoms with Crippen LogP contribution in [0, 0.1) is 11.3 Å². The minimum Gasteiger partial charge on any atom is -0.277 e. The minimum absolute atomic E-state index is 0.120. The molecule has 0 aromatic heterocycles. The lowest BCUT2D eigenvalue weighted by molar-refractivity contribution is 0.105. The molecule has 0 amide bonds. The van der Waals surface area contributed by atoms with Crippen molar-refractivity contribution in [2.75, 3.05) is 0 Å². The van der Waals surface area contributed by atoms with Gasteiger partial charge < -0.3 is 0 Å². The summed E-state index contributed by atoms with van der Waals surface area (Å²) in [7, 11) is 0. The quantitative estimate of drug-likeness (QED) is 0.435. The number of nitrogens with zero attached hydrogens (tertiary/aromatic N) is 1. The molecule has 0 aliphatic heterocycles. The van der Waals surface area contributed by atoms with Crippen LogP contribution in [0.3, 0.4) is 0 Å². The summed E-state index contributed by atoms with van der Waals surface area (Å²) >= 11 is 16.9. The fourth-order valence-electron chi connectivity index (χ4n) is 0.989. The monoisotopic (exact) mass is 247 g/mol. The summed E-state index contributed by atoms with van der Waals surface area (Å²) < 4.78 is -1.69. The van der Waals surface area contributed by atoms with Gasteiger partial charge in [-0.3, -0.25) is 4.79 Å². The van der Waals surface area contributed by atoms with Crippen LogP contribution < -0.4 is 0 Å². The maximum Gasteiger partial charge on any atom is 0.262 e. The zero-order valence-corrected chi connectivity index (χ0v) is 9.07. The molecule has 0 aliphatic carbocycles. The third-order valence-corrected chi connectivity index (χ3v) is 2.19. The Hall–Kier alpha value is -0.750. The van der Waals surface area contributed by atoms with Crippen LogP contribution in [0.2, 0.25) is 0 Å². The average Bonchev–Trinajstić information content (AvgIpc) is 2.15. The van der Waals surface area contributed by atoms with Crippen molar-refractivity contribution in [3.8, 4) is 6.07 Å². The lowest BCUT2D eigenvalue weighted by atomic mass is 10.1. The lowest BCUT2D eigenvalue weighted by Crippen LogP contribution is -2.08. The smallest absolute Gasteiger partial charge is 0.262 e. The lowest BCUT2D eigenvalue weighted by Gasteiger charge is -2.13. The normalized spacial score (nSPS) is 10.7. The zero-order chi connectivity index (χ0) is 10.8. The summed E-state index contributed by atoms with van der Waals surface area (Å²) in [5.41, 5.74) is 0.339. The molecule has 0 N–H and O–H groups in total. The van der Waals surface area contributed by atoms with E-state index < -0.39 is 9.58 Å². The molecule has 1 aromatic rings. The first-order valence-corrected chi connectivity index (χ1v) is 4.71. The number of hydrogen-bond acceptors (Lipinski definition) is 2. The SMILES string of the molecule is N#CC(=O)c1ccccc1C(Cl)(Cl)Cl. The van der Waals surface area contributed by atoms with Crippen LogP contribution in [-0.2, 0) is 3.79 Å². The van der Waals surface area contributed by atoms with Gasteiger partial charge in [0.05, 0.1) is 0 Å². The van der Waals surface area contributed by atoms with Crippen molar-refractivity contribution in [2.45, 2.75) is 3.79 Å². The number of halogens is 3. The third-order valence-electron chi connectivity index (χ3n) is 1.58. The number of rotatable bonds is 1. The first kappa shape index (κ1) is 11.3. The third kappa shape index (κ3) is 2.39. The van der Waals surface area contributed by atoms with E-state index in [0.717, 1.165) is 0 Å². The molecule has 1 aromatic carbocycles. The second kappa shape index (κ2) is 4.18. The predicted molar refractivity (Wildman–Crippen MR) is 55.6 cm³/mol. The van der Waals surface area contributed by atoms with E-state index in [1.165, 1.54) is 18.2 Å². The molecule has 0 heterocycles. The Kier molecular flexibility index (Phi) is 3.38. The second-order valence-electron chi connectivity index (χ2n) is 2.48. The van der Waals surface area contributed by atoms with E-state index in [4.69, 9.17) is 40.1 Å². The topological polar surface area (TPSA) is 40.9 Å². The Morgan fingerprint density at radius 3 is 2.36 bits per heavy atom. The van der Waals surface area contributed by atoms with Crippen molar-refractivity contribution in [1.29, 1.82) is 5.26 Å². The number of hydrogen-bond donors (Lipinski definition) is 0. The maximum atomic E-state index is 11.1. The molecule has 1 rings (SSSR count). The number of Topliss-reactive ketones (excluding diaryl/α,β-unsaturated/α-hetero) is 1.